The lowest BCUT2D eigenvalue weighted by molar-refractivity contribution is -0.126. The average molecular weight is 465 g/mol. The number of carbonyl (C=O) groups excluding carboxylic acids is 1. The Morgan fingerprint density at radius 3 is 2.39 bits per heavy atom. The van der Waals surface area contributed by atoms with E-state index in [1.54, 1.807) is 0 Å². The number of carbonyl (C=O) groups is 1. The normalized spacial score (nSPS) is 16.1. The summed E-state index contributed by atoms with van der Waals surface area (Å²) in [5.41, 5.74) is 3.02. The van der Waals surface area contributed by atoms with Crippen LogP contribution in [-0.2, 0) is 27.1 Å². The lowest BCUT2D eigenvalue weighted by Gasteiger charge is -2.30. The first-order valence-electron chi connectivity index (χ1n) is 9.39. The largest absolute Gasteiger partial charge is 0.352 e. The number of benzene rings is 2. The number of aryl methyl sites for hydroxylation is 1. The number of nitrogens with one attached hydrogen (secondary N) is 1. The Morgan fingerprint density at radius 2 is 1.75 bits per heavy atom. The highest BCUT2D eigenvalue weighted by atomic mass is 79.9. The second-order valence-corrected chi connectivity index (χ2v) is 10.1. The Morgan fingerprint density at radius 1 is 1.11 bits per heavy atom. The Hall–Kier alpha value is -1.70. The summed E-state index contributed by atoms with van der Waals surface area (Å²) in [5, 5.41) is 3.00. The van der Waals surface area contributed by atoms with Crippen LogP contribution in [0, 0.1) is 12.8 Å². The molecule has 0 radical (unpaired) electrons. The maximum absolute atomic E-state index is 12.7. The van der Waals surface area contributed by atoms with Crippen LogP contribution in [-0.4, -0.2) is 31.7 Å². The van der Waals surface area contributed by atoms with E-state index in [0.29, 0.717) is 32.5 Å². The molecule has 150 valence electrons. The molecule has 1 saturated heterocycles. The number of nitrogens with zero attached hydrogens (tertiary/aromatic N) is 1. The monoisotopic (exact) mass is 464 g/mol. The van der Waals surface area contributed by atoms with Gasteiger partial charge >= 0.3 is 0 Å². The lowest BCUT2D eigenvalue weighted by atomic mass is 9.97. The van der Waals surface area contributed by atoms with Gasteiger partial charge < -0.3 is 5.32 Å². The van der Waals surface area contributed by atoms with Crippen molar-refractivity contribution in [1.82, 2.24) is 9.62 Å². The van der Waals surface area contributed by atoms with E-state index < -0.39 is 10.0 Å². The van der Waals surface area contributed by atoms with E-state index in [4.69, 9.17) is 0 Å². The zero-order chi connectivity index (χ0) is 20.1. The zero-order valence-electron chi connectivity index (χ0n) is 15.9. The number of sulfonamides is 1. The molecule has 1 fully saturated rings. The molecule has 5 nitrogen and oxygen atoms in total. The molecule has 1 amide bonds. The topological polar surface area (TPSA) is 66.5 Å². The van der Waals surface area contributed by atoms with Crippen LogP contribution in [0.4, 0.5) is 0 Å². The highest BCUT2D eigenvalue weighted by Gasteiger charge is 2.31. The summed E-state index contributed by atoms with van der Waals surface area (Å²) in [7, 11) is -3.37. The van der Waals surface area contributed by atoms with Gasteiger partial charge in [0.15, 0.2) is 0 Å². The van der Waals surface area contributed by atoms with Crippen LogP contribution >= 0.6 is 15.9 Å². The maximum atomic E-state index is 12.7. The van der Waals surface area contributed by atoms with Crippen LogP contribution in [0.5, 0.6) is 0 Å². The first kappa shape index (κ1) is 21.0. The van der Waals surface area contributed by atoms with Crippen molar-refractivity contribution >= 4 is 31.9 Å². The number of hydrogen-bond acceptors (Lipinski definition) is 3. The standard InChI is InChI=1S/C21H25BrN2O3S/c1-16-4-2-3-5-19(16)14-23-21(25)18-10-12-24(13-11-18)28(26,27)15-17-6-8-20(22)9-7-17/h2-9,18H,10-15H2,1H3,(H,23,25). The van der Waals surface area contributed by atoms with Gasteiger partial charge in [-0.15, -0.1) is 0 Å². The number of piperidine rings is 1. The zero-order valence-corrected chi connectivity index (χ0v) is 18.3. The van der Waals surface area contributed by atoms with Crippen molar-refractivity contribution in [2.24, 2.45) is 5.92 Å². The van der Waals surface area contributed by atoms with Crippen LogP contribution in [0.15, 0.2) is 53.0 Å². The molecule has 2 aromatic carbocycles. The molecule has 0 bridgehead atoms. The first-order chi connectivity index (χ1) is 13.3. The van der Waals surface area contributed by atoms with Crippen molar-refractivity contribution < 1.29 is 13.2 Å². The van der Waals surface area contributed by atoms with Gasteiger partial charge in [0.2, 0.25) is 15.9 Å². The SMILES string of the molecule is Cc1ccccc1CNC(=O)C1CCN(S(=O)(=O)Cc2ccc(Br)cc2)CC1. The molecule has 28 heavy (non-hydrogen) atoms. The summed E-state index contributed by atoms with van der Waals surface area (Å²) in [5.74, 6) is -0.138. The molecular weight excluding hydrogens is 440 g/mol. The van der Waals surface area contributed by atoms with Crippen LogP contribution in [0.25, 0.3) is 0 Å². The van der Waals surface area contributed by atoms with Crippen molar-refractivity contribution in [1.29, 1.82) is 0 Å². The summed E-state index contributed by atoms with van der Waals surface area (Å²) in [6.45, 7) is 3.31. The van der Waals surface area contributed by atoms with Crippen LogP contribution < -0.4 is 5.32 Å². The van der Waals surface area contributed by atoms with E-state index in [-0.39, 0.29) is 17.6 Å². The Labute approximate surface area is 175 Å². The molecule has 0 saturated carbocycles. The van der Waals surface area contributed by atoms with Crippen LogP contribution in [0.1, 0.15) is 29.5 Å². The third-order valence-corrected chi connectivity index (χ3v) is 7.57. The van der Waals surface area contributed by atoms with Gasteiger partial charge in [-0.05, 0) is 48.6 Å². The molecule has 3 rings (SSSR count). The highest BCUT2D eigenvalue weighted by Crippen LogP contribution is 2.22. The molecule has 1 aliphatic heterocycles. The molecule has 0 aliphatic carbocycles. The predicted molar refractivity (Wildman–Crippen MR) is 114 cm³/mol. The number of halogens is 1. The second-order valence-electron chi connectivity index (χ2n) is 7.20. The molecule has 7 heteroatoms. The third-order valence-electron chi connectivity index (χ3n) is 5.19. The fraction of sp³-hybridized carbons (Fsp3) is 0.381. The Bertz CT molecular complexity index is 921. The number of hydrogen-bond donors (Lipinski definition) is 1. The quantitative estimate of drug-likeness (QED) is 0.709. The van der Waals surface area contributed by atoms with Gasteiger partial charge in [-0.2, -0.15) is 0 Å². The van der Waals surface area contributed by atoms with Gasteiger partial charge in [0, 0.05) is 30.0 Å². The summed E-state index contributed by atoms with van der Waals surface area (Å²) in [4.78, 5) is 12.5. The molecule has 0 aromatic heterocycles. The molecule has 1 N–H and O–H groups in total. The summed E-state index contributed by atoms with van der Waals surface area (Å²) < 4.78 is 27.8. The smallest absolute Gasteiger partial charge is 0.223 e. The molecule has 1 aliphatic rings. The second kappa shape index (κ2) is 9.20. The van der Waals surface area contributed by atoms with Crippen molar-refractivity contribution in [3.05, 3.63) is 69.7 Å². The van der Waals surface area contributed by atoms with Crippen LogP contribution in [0.2, 0.25) is 0 Å². The molecule has 1 heterocycles. The van der Waals surface area contributed by atoms with Gasteiger partial charge in [0.25, 0.3) is 0 Å². The number of rotatable bonds is 6. The van der Waals surface area contributed by atoms with Gasteiger partial charge in [-0.3, -0.25) is 4.79 Å². The molecular formula is C21H25BrN2O3S. The first-order valence-corrected chi connectivity index (χ1v) is 11.8. The Balaban J connectivity index is 1.51. The number of amides is 1. The summed E-state index contributed by atoms with van der Waals surface area (Å²) in [6, 6.07) is 15.3. The fourth-order valence-electron chi connectivity index (χ4n) is 3.41. The van der Waals surface area contributed by atoms with E-state index in [1.165, 1.54) is 4.31 Å². The minimum atomic E-state index is -3.37. The lowest BCUT2D eigenvalue weighted by Crippen LogP contribution is -2.43. The molecule has 0 unspecified atom stereocenters. The van der Waals surface area contributed by atoms with Crippen molar-refractivity contribution in [2.75, 3.05) is 13.1 Å². The highest BCUT2D eigenvalue weighted by molar-refractivity contribution is 9.10. The van der Waals surface area contributed by atoms with E-state index in [2.05, 4.69) is 21.2 Å². The molecule has 0 spiro atoms. The van der Waals surface area contributed by atoms with E-state index in [0.717, 1.165) is 21.2 Å². The fourth-order valence-corrected chi connectivity index (χ4v) is 5.24. The summed E-state index contributed by atoms with van der Waals surface area (Å²) in [6.07, 6.45) is 1.11. The van der Waals surface area contributed by atoms with E-state index in [9.17, 15) is 13.2 Å². The molecule has 2 aromatic rings. The van der Waals surface area contributed by atoms with Gasteiger partial charge in [0.05, 0.1) is 5.75 Å². The van der Waals surface area contributed by atoms with Crippen LogP contribution in [0.3, 0.4) is 0 Å². The third kappa shape index (κ3) is 5.43. The predicted octanol–water partition coefficient (Wildman–Crippen LogP) is 3.62. The van der Waals surface area contributed by atoms with Crippen molar-refractivity contribution in [3.8, 4) is 0 Å². The van der Waals surface area contributed by atoms with E-state index in [1.807, 2.05) is 55.5 Å². The van der Waals surface area contributed by atoms with Crippen molar-refractivity contribution in [2.45, 2.75) is 32.1 Å². The van der Waals surface area contributed by atoms with Crippen molar-refractivity contribution in [3.63, 3.8) is 0 Å². The summed E-state index contributed by atoms with van der Waals surface area (Å²) >= 11 is 3.36. The van der Waals surface area contributed by atoms with Gasteiger partial charge in [-0.1, -0.05) is 52.3 Å². The minimum absolute atomic E-state index is 0.00760. The van der Waals surface area contributed by atoms with Gasteiger partial charge in [0.1, 0.15) is 0 Å². The minimum Gasteiger partial charge on any atom is -0.352 e. The average Bonchev–Trinajstić information content (AvgIpc) is 2.69. The van der Waals surface area contributed by atoms with E-state index >= 15 is 0 Å². The Kier molecular flexibility index (Phi) is 6.91. The van der Waals surface area contributed by atoms with Gasteiger partial charge in [-0.25, -0.2) is 12.7 Å². The molecule has 0 atom stereocenters. The maximum Gasteiger partial charge on any atom is 0.223 e.